The number of carbonyl (C=O) groups is 5. The lowest BCUT2D eigenvalue weighted by Crippen LogP contribution is -2.58. The smallest absolute Gasteiger partial charge is 0.326 e. The van der Waals surface area contributed by atoms with Crippen molar-refractivity contribution in [2.75, 3.05) is 5.75 Å². The molecule has 1 aromatic rings. The second kappa shape index (κ2) is 14.9. The van der Waals surface area contributed by atoms with Gasteiger partial charge in [-0.3, -0.25) is 19.2 Å². The van der Waals surface area contributed by atoms with Gasteiger partial charge in [-0.15, -0.1) is 0 Å². The standard InChI is InChI=1S/C23H34N4O8S/c1-3-12(2)19(23(34)35)27-22(33)17(11-36)26-21(32)16(10-13-4-6-14(28)7-5-13)25-20(31)15(24)8-9-18(29)30/h4-7,12,15-17,19,28,36H,3,8-11,24H2,1-2H3,(H,25,31)(H,26,32)(H,27,33)(H,29,30)(H,34,35). The van der Waals surface area contributed by atoms with Crippen LogP contribution in [0.3, 0.4) is 0 Å². The van der Waals surface area contributed by atoms with Crippen LogP contribution in [-0.2, 0) is 30.4 Å². The van der Waals surface area contributed by atoms with E-state index < -0.39 is 53.8 Å². The summed E-state index contributed by atoms with van der Waals surface area (Å²) in [6, 6.07) is 1.11. The molecule has 0 radical (unpaired) electrons. The summed E-state index contributed by atoms with van der Waals surface area (Å²) >= 11 is 4.09. The minimum Gasteiger partial charge on any atom is -0.508 e. The van der Waals surface area contributed by atoms with Crippen LogP contribution >= 0.6 is 12.6 Å². The summed E-state index contributed by atoms with van der Waals surface area (Å²) in [5, 5.41) is 35.1. The number of carboxylic acids is 2. The van der Waals surface area contributed by atoms with Crippen LogP contribution in [0.2, 0.25) is 0 Å². The molecule has 8 N–H and O–H groups in total. The SMILES string of the molecule is CCC(C)C(NC(=O)C(CS)NC(=O)C(Cc1ccc(O)cc1)NC(=O)C(N)CCC(=O)O)C(=O)O. The maximum absolute atomic E-state index is 13.1. The number of nitrogens with one attached hydrogen (secondary N) is 3. The highest BCUT2D eigenvalue weighted by molar-refractivity contribution is 7.80. The first-order valence-electron chi connectivity index (χ1n) is 11.4. The van der Waals surface area contributed by atoms with E-state index in [1.165, 1.54) is 12.1 Å². The Balaban J connectivity index is 3.03. The molecule has 0 saturated heterocycles. The zero-order valence-corrected chi connectivity index (χ0v) is 21.0. The number of hydrogen-bond donors (Lipinski definition) is 8. The number of phenols is 1. The maximum Gasteiger partial charge on any atom is 0.326 e. The van der Waals surface area contributed by atoms with Crippen LogP contribution in [0.4, 0.5) is 0 Å². The third-order valence-electron chi connectivity index (χ3n) is 5.61. The van der Waals surface area contributed by atoms with Crippen molar-refractivity contribution in [3.8, 4) is 5.75 Å². The molecule has 5 atom stereocenters. The third-order valence-corrected chi connectivity index (χ3v) is 5.97. The molecule has 0 saturated carbocycles. The Kier molecular flexibility index (Phi) is 12.7. The number of thiol groups is 1. The highest BCUT2D eigenvalue weighted by Crippen LogP contribution is 2.12. The van der Waals surface area contributed by atoms with Crippen molar-refractivity contribution in [2.45, 2.75) is 63.7 Å². The Morgan fingerprint density at radius 1 is 0.944 bits per heavy atom. The van der Waals surface area contributed by atoms with Gasteiger partial charge in [-0.25, -0.2) is 4.79 Å². The summed E-state index contributed by atoms with van der Waals surface area (Å²) in [6.45, 7) is 3.45. The quantitative estimate of drug-likeness (QED) is 0.140. The fraction of sp³-hybridized carbons (Fsp3) is 0.522. The summed E-state index contributed by atoms with van der Waals surface area (Å²) in [6.07, 6.45) is -0.0259. The van der Waals surface area contributed by atoms with Gasteiger partial charge in [-0.1, -0.05) is 32.4 Å². The van der Waals surface area contributed by atoms with Crippen LogP contribution in [0.1, 0.15) is 38.7 Å². The number of benzene rings is 1. The topological polar surface area (TPSA) is 208 Å². The third kappa shape index (κ3) is 10.1. The highest BCUT2D eigenvalue weighted by Gasteiger charge is 2.31. The molecule has 0 spiro atoms. The Morgan fingerprint density at radius 3 is 2.00 bits per heavy atom. The molecule has 0 bridgehead atoms. The zero-order chi connectivity index (χ0) is 27.4. The number of phenolic OH excluding ortho intramolecular Hbond substituents is 1. The number of nitrogens with two attached hydrogens (primary N) is 1. The number of hydrogen-bond acceptors (Lipinski definition) is 8. The minimum absolute atomic E-state index is 0.000538. The van der Waals surface area contributed by atoms with E-state index in [1.807, 2.05) is 0 Å². The zero-order valence-electron chi connectivity index (χ0n) is 20.1. The largest absolute Gasteiger partial charge is 0.508 e. The Morgan fingerprint density at radius 2 is 1.50 bits per heavy atom. The van der Waals surface area contributed by atoms with Crippen molar-refractivity contribution in [3.05, 3.63) is 29.8 Å². The Bertz CT molecular complexity index is 927. The van der Waals surface area contributed by atoms with Crippen LogP contribution in [0.15, 0.2) is 24.3 Å². The van der Waals surface area contributed by atoms with Gasteiger partial charge in [-0.2, -0.15) is 12.6 Å². The van der Waals surface area contributed by atoms with Crippen molar-refractivity contribution >= 4 is 42.3 Å². The van der Waals surface area contributed by atoms with Gasteiger partial charge >= 0.3 is 11.9 Å². The maximum atomic E-state index is 13.1. The second-order valence-electron chi connectivity index (χ2n) is 8.42. The molecule has 0 aliphatic rings. The lowest BCUT2D eigenvalue weighted by atomic mass is 9.99. The Hall–Kier alpha value is -3.32. The van der Waals surface area contributed by atoms with E-state index in [1.54, 1.807) is 26.0 Å². The first-order valence-corrected chi connectivity index (χ1v) is 12.0. The predicted octanol–water partition coefficient (Wildman–Crippen LogP) is -0.358. The summed E-state index contributed by atoms with van der Waals surface area (Å²) < 4.78 is 0. The molecule has 1 rings (SSSR count). The van der Waals surface area contributed by atoms with E-state index in [0.29, 0.717) is 12.0 Å². The van der Waals surface area contributed by atoms with Gasteiger partial charge in [0, 0.05) is 18.6 Å². The number of aliphatic carboxylic acids is 2. The molecule has 1 aromatic carbocycles. The van der Waals surface area contributed by atoms with Crippen LogP contribution in [0.5, 0.6) is 5.75 Å². The van der Waals surface area contributed by atoms with Gasteiger partial charge in [0.2, 0.25) is 17.7 Å². The van der Waals surface area contributed by atoms with E-state index in [9.17, 15) is 34.2 Å². The molecular weight excluding hydrogens is 492 g/mol. The summed E-state index contributed by atoms with van der Waals surface area (Å²) in [5.41, 5.74) is 6.33. The van der Waals surface area contributed by atoms with Crippen LogP contribution in [0, 0.1) is 5.92 Å². The summed E-state index contributed by atoms with van der Waals surface area (Å²) in [4.78, 5) is 60.6. The van der Waals surface area contributed by atoms with Gasteiger partial charge in [0.15, 0.2) is 0 Å². The van der Waals surface area contributed by atoms with E-state index in [-0.39, 0.29) is 36.7 Å². The van der Waals surface area contributed by atoms with E-state index >= 15 is 0 Å². The normalized spacial score (nSPS) is 15.0. The first-order chi connectivity index (χ1) is 16.9. The molecule has 200 valence electrons. The number of carbonyl (C=O) groups excluding carboxylic acids is 3. The molecule has 0 aliphatic heterocycles. The lowest BCUT2D eigenvalue weighted by Gasteiger charge is -2.26. The second-order valence-corrected chi connectivity index (χ2v) is 8.79. The molecule has 0 aliphatic carbocycles. The van der Waals surface area contributed by atoms with Gasteiger partial charge < -0.3 is 37.0 Å². The van der Waals surface area contributed by atoms with Crippen molar-refractivity contribution in [2.24, 2.45) is 11.7 Å². The van der Waals surface area contributed by atoms with E-state index in [4.69, 9.17) is 10.8 Å². The van der Waals surface area contributed by atoms with Crippen LogP contribution < -0.4 is 21.7 Å². The van der Waals surface area contributed by atoms with Gasteiger partial charge in [0.25, 0.3) is 0 Å². The van der Waals surface area contributed by atoms with Gasteiger partial charge in [0.1, 0.15) is 23.9 Å². The fourth-order valence-corrected chi connectivity index (χ4v) is 3.43. The number of amides is 3. The highest BCUT2D eigenvalue weighted by atomic mass is 32.1. The van der Waals surface area contributed by atoms with E-state index in [0.717, 1.165) is 0 Å². The number of carboxylic acid groups (broad SMARTS) is 2. The summed E-state index contributed by atoms with van der Waals surface area (Å²) in [7, 11) is 0. The van der Waals surface area contributed by atoms with Crippen molar-refractivity contribution in [1.82, 2.24) is 16.0 Å². The molecule has 5 unspecified atom stereocenters. The molecule has 36 heavy (non-hydrogen) atoms. The molecule has 3 amide bonds. The average molecular weight is 527 g/mol. The molecule has 0 fully saturated rings. The summed E-state index contributed by atoms with van der Waals surface area (Å²) in [5.74, 6) is -5.12. The van der Waals surface area contributed by atoms with Crippen LogP contribution in [0.25, 0.3) is 0 Å². The predicted molar refractivity (Wildman–Crippen MR) is 133 cm³/mol. The fourth-order valence-electron chi connectivity index (χ4n) is 3.17. The van der Waals surface area contributed by atoms with Gasteiger partial charge in [-0.05, 0) is 30.0 Å². The molecule has 0 aromatic heterocycles. The average Bonchev–Trinajstić information content (AvgIpc) is 2.83. The number of rotatable bonds is 15. The van der Waals surface area contributed by atoms with E-state index in [2.05, 4.69) is 28.6 Å². The lowest BCUT2D eigenvalue weighted by molar-refractivity contribution is -0.143. The molecular formula is C23H34N4O8S. The molecule has 12 nitrogen and oxygen atoms in total. The molecule has 13 heteroatoms. The monoisotopic (exact) mass is 526 g/mol. The van der Waals surface area contributed by atoms with Crippen molar-refractivity contribution < 1.29 is 39.3 Å². The first kappa shape index (κ1) is 30.7. The van der Waals surface area contributed by atoms with Crippen molar-refractivity contribution in [1.29, 1.82) is 0 Å². The Labute approximate surface area is 214 Å². The van der Waals surface area contributed by atoms with Crippen molar-refractivity contribution in [3.63, 3.8) is 0 Å². The van der Waals surface area contributed by atoms with Gasteiger partial charge in [0.05, 0.1) is 6.04 Å². The minimum atomic E-state index is -1.21. The molecule has 0 heterocycles. The van der Waals surface area contributed by atoms with Crippen LogP contribution in [-0.4, -0.2) is 74.9 Å². The number of aromatic hydroxyl groups is 1.